The molecule has 2 aromatic rings. The van der Waals surface area contributed by atoms with Crippen molar-refractivity contribution in [1.82, 2.24) is 0 Å². The van der Waals surface area contributed by atoms with E-state index in [1.807, 2.05) is 24.3 Å². The van der Waals surface area contributed by atoms with Crippen LogP contribution in [0.3, 0.4) is 0 Å². The van der Waals surface area contributed by atoms with Crippen LogP contribution >= 0.6 is 0 Å². The molecule has 0 heterocycles. The SMILES string of the molecule is CC1=CC(=O)C2=C(C1=O)C1c3ccccc3C2c2ccccc21. The Balaban J connectivity index is 1.90. The predicted molar refractivity (Wildman–Crippen MR) is 87.4 cm³/mol. The summed E-state index contributed by atoms with van der Waals surface area (Å²) in [6.07, 6.45) is 1.51. The number of ketones is 2. The normalized spacial score (nSPS) is 24.1. The number of hydrogen-bond donors (Lipinski definition) is 0. The zero-order valence-corrected chi connectivity index (χ0v) is 12.7. The Morgan fingerprint density at radius 2 is 1.13 bits per heavy atom. The lowest BCUT2D eigenvalue weighted by Gasteiger charge is -2.43. The molecule has 0 amide bonds. The summed E-state index contributed by atoms with van der Waals surface area (Å²) in [6, 6.07) is 16.4. The Labute approximate surface area is 134 Å². The van der Waals surface area contributed by atoms with Gasteiger partial charge in [-0.1, -0.05) is 48.5 Å². The molecule has 2 heteroatoms. The van der Waals surface area contributed by atoms with Gasteiger partial charge in [-0.05, 0) is 35.3 Å². The molecule has 0 atom stereocenters. The molecule has 2 nitrogen and oxygen atoms in total. The van der Waals surface area contributed by atoms with Gasteiger partial charge in [0.1, 0.15) is 0 Å². The van der Waals surface area contributed by atoms with Crippen LogP contribution in [0.25, 0.3) is 0 Å². The van der Waals surface area contributed by atoms with Crippen molar-refractivity contribution >= 4 is 11.6 Å². The monoisotopic (exact) mass is 298 g/mol. The number of allylic oxidation sites excluding steroid dienone is 4. The van der Waals surface area contributed by atoms with Crippen LogP contribution in [0.2, 0.25) is 0 Å². The fourth-order valence-corrected chi connectivity index (χ4v) is 4.42. The Kier molecular flexibility index (Phi) is 2.31. The largest absolute Gasteiger partial charge is 0.290 e. The van der Waals surface area contributed by atoms with Gasteiger partial charge in [0, 0.05) is 28.6 Å². The highest BCUT2D eigenvalue weighted by molar-refractivity contribution is 6.25. The molecule has 0 fully saturated rings. The minimum atomic E-state index is -0.109. The standard InChI is InChI=1S/C21H14O2/c1-11-10-16(22)19-17-12-6-2-4-8-14(12)18(20(19)21(11)23)15-9-5-3-7-13(15)17/h2-10,17-18H,1H3. The highest BCUT2D eigenvalue weighted by Crippen LogP contribution is 2.56. The number of benzene rings is 2. The molecule has 0 unspecified atom stereocenters. The molecule has 0 saturated carbocycles. The van der Waals surface area contributed by atoms with Gasteiger partial charge in [0.05, 0.1) is 0 Å². The lowest BCUT2D eigenvalue weighted by atomic mass is 9.58. The summed E-state index contributed by atoms with van der Waals surface area (Å²) in [5.41, 5.74) is 6.64. The summed E-state index contributed by atoms with van der Waals surface area (Å²) in [5, 5.41) is 0. The average molecular weight is 298 g/mol. The Morgan fingerprint density at radius 3 is 1.61 bits per heavy atom. The zero-order valence-electron chi connectivity index (χ0n) is 12.7. The lowest BCUT2D eigenvalue weighted by molar-refractivity contribution is -0.116. The third-order valence-corrected chi connectivity index (χ3v) is 5.32. The molecule has 23 heavy (non-hydrogen) atoms. The van der Waals surface area contributed by atoms with Crippen molar-refractivity contribution < 1.29 is 9.59 Å². The van der Waals surface area contributed by atoms with Gasteiger partial charge in [0.25, 0.3) is 0 Å². The van der Waals surface area contributed by atoms with Gasteiger partial charge in [0.15, 0.2) is 11.6 Å². The predicted octanol–water partition coefficient (Wildman–Crippen LogP) is 3.67. The first-order valence-corrected chi connectivity index (χ1v) is 7.87. The van der Waals surface area contributed by atoms with E-state index in [-0.39, 0.29) is 23.4 Å². The first-order valence-electron chi connectivity index (χ1n) is 7.87. The fourth-order valence-electron chi connectivity index (χ4n) is 4.42. The van der Waals surface area contributed by atoms with Crippen LogP contribution in [-0.2, 0) is 9.59 Å². The van der Waals surface area contributed by atoms with Gasteiger partial charge in [-0.3, -0.25) is 9.59 Å². The van der Waals surface area contributed by atoms with Crippen molar-refractivity contribution in [1.29, 1.82) is 0 Å². The van der Waals surface area contributed by atoms with Crippen molar-refractivity contribution in [2.24, 2.45) is 0 Å². The first kappa shape index (κ1) is 12.8. The van der Waals surface area contributed by atoms with Crippen molar-refractivity contribution in [2.45, 2.75) is 18.8 Å². The van der Waals surface area contributed by atoms with Crippen LogP contribution in [0.4, 0.5) is 0 Å². The van der Waals surface area contributed by atoms with E-state index < -0.39 is 0 Å². The van der Waals surface area contributed by atoms with E-state index in [4.69, 9.17) is 0 Å². The second-order valence-corrected chi connectivity index (χ2v) is 6.47. The smallest absolute Gasteiger partial charge is 0.186 e. The molecule has 4 aliphatic carbocycles. The maximum absolute atomic E-state index is 12.8. The topological polar surface area (TPSA) is 34.1 Å². The lowest BCUT2D eigenvalue weighted by Crippen LogP contribution is -2.36. The number of Topliss-reactive ketones (excluding diaryl/α,β-unsaturated/α-hetero) is 1. The summed E-state index contributed by atoms with van der Waals surface area (Å²) in [7, 11) is 0. The fraction of sp³-hybridized carbons (Fsp3) is 0.143. The summed E-state index contributed by atoms with van der Waals surface area (Å²) >= 11 is 0. The molecule has 6 rings (SSSR count). The molecule has 4 aliphatic rings. The first-order chi connectivity index (χ1) is 11.2. The molecular formula is C21H14O2. The summed E-state index contributed by atoms with van der Waals surface area (Å²) in [5.74, 6) is -0.194. The van der Waals surface area contributed by atoms with Gasteiger partial charge in [-0.25, -0.2) is 0 Å². The molecule has 0 aliphatic heterocycles. The molecule has 2 aromatic carbocycles. The minimum Gasteiger partial charge on any atom is -0.290 e. The van der Waals surface area contributed by atoms with Crippen molar-refractivity contribution in [3.05, 3.63) is 93.6 Å². The van der Waals surface area contributed by atoms with E-state index in [2.05, 4.69) is 24.3 Å². The maximum Gasteiger partial charge on any atom is 0.186 e. The van der Waals surface area contributed by atoms with Gasteiger partial charge < -0.3 is 0 Å². The van der Waals surface area contributed by atoms with Crippen LogP contribution < -0.4 is 0 Å². The van der Waals surface area contributed by atoms with E-state index >= 15 is 0 Å². The minimum absolute atomic E-state index is 0.00361. The van der Waals surface area contributed by atoms with Crippen LogP contribution in [0.1, 0.15) is 41.0 Å². The second-order valence-electron chi connectivity index (χ2n) is 6.47. The highest BCUT2D eigenvalue weighted by atomic mass is 16.1. The Bertz CT molecular complexity index is 927. The molecule has 110 valence electrons. The third-order valence-electron chi connectivity index (χ3n) is 5.32. The molecule has 0 N–H and O–H groups in total. The molecule has 0 saturated heterocycles. The van der Waals surface area contributed by atoms with E-state index in [9.17, 15) is 9.59 Å². The summed E-state index contributed by atoms with van der Waals surface area (Å²) < 4.78 is 0. The van der Waals surface area contributed by atoms with E-state index in [0.717, 1.165) is 0 Å². The van der Waals surface area contributed by atoms with Crippen LogP contribution in [0, 0.1) is 0 Å². The van der Waals surface area contributed by atoms with E-state index in [0.29, 0.717) is 16.7 Å². The quantitative estimate of drug-likeness (QED) is 0.695. The van der Waals surface area contributed by atoms with Crippen molar-refractivity contribution in [3.8, 4) is 0 Å². The zero-order chi connectivity index (χ0) is 15.7. The summed E-state index contributed by atoms with van der Waals surface area (Å²) in [4.78, 5) is 25.5. The number of carbonyl (C=O) groups excluding carboxylic acids is 2. The second kappa shape index (κ2) is 4.17. The van der Waals surface area contributed by atoms with Crippen LogP contribution in [-0.4, -0.2) is 11.6 Å². The van der Waals surface area contributed by atoms with Gasteiger partial charge >= 0.3 is 0 Å². The Morgan fingerprint density at radius 1 is 0.696 bits per heavy atom. The average Bonchev–Trinajstić information content (AvgIpc) is 2.59. The highest BCUT2D eigenvalue weighted by Gasteiger charge is 2.47. The maximum atomic E-state index is 12.8. The van der Waals surface area contributed by atoms with Gasteiger partial charge in [-0.2, -0.15) is 0 Å². The molecule has 0 radical (unpaired) electrons. The molecule has 0 spiro atoms. The van der Waals surface area contributed by atoms with Crippen molar-refractivity contribution in [2.75, 3.05) is 0 Å². The number of rotatable bonds is 0. The van der Waals surface area contributed by atoms with Crippen LogP contribution in [0.5, 0.6) is 0 Å². The number of carbonyl (C=O) groups is 2. The van der Waals surface area contributed by atoms with E-state index in [1.165, 1.54) is 28.3 Å². The van der Waals surface area contributed by atoms with Crippen molar-refractivity contribution in [3.63, 3.8) is 0 Å². The molecule has 2 bridgehead atoms. The summed E-state index contributed by atoms with van der Waals surface area (Å²) in [6.45, 7) is 1.74. The molecule has 0 aromatic heterocycles. The van der Waals surface area contributed by atoms with Crippen LogP contribution in [0.15, 0.2) is 71.3 Å². The van der Waals surface area contributed by atoms with Gasteiger partial charge in [0.2, 0.25) is 0 Å². The number of hydrogen-bond acceptors (Lipinski definition) is 2. The Hall–Kier alpha value is -2.74. The molecular weight excluding hydrogens is 284 g/mol. The third kappa shape index (κ3) is 1.43. The van der Waals surface area contributed by atoms with E-state index in [1.54, 1.807) is 6.92 Å². The van der Waals surface area contributed by atoms with Gasteiger partial charge in [-0.15, -0.1) is 0 Å².